The van der Waals surface area contributed by atoms with E-state index in [4.69, 9.17) is 15.8 Å². The molecule has 7 heteroatoms. The van der Waals surface area contributed by atoms with E-state index in [0.717, 1.165) is 71.4 Å². The van der Waals surface area contributed by atoms with E-state index in [-0.39, 0.29) is 11.5 Å². The maximum atomic E-state index is 6.77. The first kappa shape index (κ1) is 20.5. The summed E-state index contributed by atoms with van der Waals surface area (Å²) in [6.45, 7) is 3.94. The molecule has 5 aromatic rings. The molecule has 174 valence electrons. The molecule has 0 radical (unpaired) electrons. The van der Waals surface area contributed by atoms with Gasteiger partial charge in [0.2, 0.25) is 0 Å². The van der Waals surface area contributed by atoms with Crippen LogP contribution in [0.5, 0.6) is 0 Å². The molecule has 35 heavy (non-hydrogen) atoms. The molecule has 1 saturated heterocycles. The van der Waals surface area contributed by atoms with Crippen molar-refractivity contribution < 1.29 is 0 Å². The molecule has 0 unspecified atom stereocenters. The summed E-state index contributed by atoms with van der Waals surface area (Å²) < 4.78 is 2.05. The number of nitrogens with zero attached hydrogens (tertiary/aromatic N) is 6. The molecule has 1 aromatic carbocycles. The minimum Gasteiger partial charge on any atom is -0.355 e. The summed E-state index contributed by atoms with van der Waals surface area (Å²) in [6.07, 6.45) is 10.5. The Labute approximate surface area is 203 Å². The maximum Gasteiger partial charge on any atom is 0.155 e. The molecule has 2 aliphatic rings. The van der Waals surface area contributed by atoms with Gasteiger partial charge in [-0.1, -0.05) is 18.2 Å². The van der Waals surface area contributed by atoms with Crippen molar-refractivity contribution in [3.8, 4) is 11.3 Å². The third kappa shape index (κ3) is 3.08. The van der Waals surface area contributed by atoms with E-state index in [1.165, 1.54) is 11.3 Å². The first-order valence-electron chi connectivity index (χ1n) is 12.3. The molecule has 1 fully saturated rings. The second-order valence-electron chi connectivity index (χ2n) is 9.98. The van der Waals surface area contributed by atoms with Gasteiger partial charge in [-0.3, -0.25) is 9.97 Å². The van der Waals surface area contributed by atoms with Crippen molar-refractivity contribution in [1.29, 1.82) is 0 Å². The lowest BCUT2D eigenvalue weighted by Gasteiger charge is -2.42. The first-order chi connectivity index (χ1) is 17.1. The Balaban J connectivity index is 1.23. The number of hydrogen-bond donors (Lipinski definition) is 1. The summed E-state index contributed by atoms with van der Waals surface area (Å²) in [5, 5.41) is 6.99. The third-order valence-corrected chi connectivity index (χ3v) is 8.11. The Bertz CT molecular complexity index is 1580. The van der Waals surface area contributed by atoms with Gasteiger partial charge in [-0.15, -0.1) is 0 Å². The molecule has 0 amide bonds. The highest BCUT2D eigenvalue weighted by Crippen LogP contribution is 2.50. The standard InChI is InChI=1S/C28H27N7/c1-18-25(20-4-5-21-17-30-11-6-19(21)15-20)35-24(7-12-32-35)27(33-18)34-13-8-28(9-14-34)16-23-22(26(28)29)3-2-10-31-23/h2-7,10-12,15,17,26H,8-9,13-14,16,29H2,1H3/t26-/m1/s1. The van der Waals surface area contributed by atoms with Crippen molar-refractivity contribution in [3.05, 3.63) is 84.2 Å². The Morgan fingerprint density at radius 3 is 2.74 bits per heavy atom. The highest BCUT2D eigenvalue weighted by Gasteiger charge is 2.46. The van der Waals surface area contributed by atoms with Crippen LogP contribution in [0.2, 0.25) is 0 Å². The number of anilines is 1. The summed E-state index contributed by atoms with van der Waals surface area (Å²) in [4.78, 5) is 16.4. The van der Waals surface area contributed by atoms with E-state index in [0.29, 0.717) is 0 Å². The van der Waals surface area contributed by atoms with Gasteiger partial charge in [-0.25, -0.2) is 9.50 Å². The summed E-state index contributed by atoms with van der Waals surface area (Å²) in [5.41, 5.74) is 13.4. The topological polar surface area (TPSA) is 85.2 Å². The molecule has 7 nitrogen and oxygen atoms in total. The lowest BCUT2D eigenvalue weighted by molar-refractivity contribution is 0.187. The number of aromatic nitrogens is 5. The fourth-order valence-electron chi connectivity index (χ4n) is 6.17. The second-order valence-corrected chi connectivity index (χ2v) is 9.98. The SMILES string of the molecule is Cc1nc(N2CCC3(CC2)Cc2ncccc2[C@H]3N)c2ccnn2c1-c1ccc2cnccc2c1. The van der Waals surface area contributed by atoms with Gasteiger partial charge in [0.25, 0.3) is 0 Å². The fraction of sp³-hybridized carbons (Fsp3) is 0.286. The molecule has 1 aliphatic carbocycles. The molecule has 0 saturated carbocycles. The number of hydrogen-bond acceptors (Lipinski definition) is 6. The van der Waals surface area contributed by atoms with Crippen LogP contribution >= 0.6 is 0 Å². The largest absolute Gasteiger partial charge is 0.355 e. The molecule has 7 rings (SSSR count). The Hall–Kier alpha value is -3.84. The van der Waals surface area contributed by atoms with E-state index >= 15 is 0 Å². The van der Waals surface area contributed by atoms with E-state index < -0.39 is 0 Å². The molecular weight excluding hydrogens is 434 g/mol. The summed E-state index contributed by atoms with van der Waals surface area (Å²) in [7, 11) is 0. The highest BCUT2D eigenvalue weighted by molar-refractivity contribution is 5.87. The predicted molar refractivity (Wildman–Crippen MR) is 137 cm³/mol. The van der Waals surface area contributed by atoms with Crippen molar-refractivity contribution >= 4 is 22.1 Å². The van der Waals surface area contributed by atoms with Crippen LogP contribution in [0.15, 0.2) is 67.3 Å². The number of rotatable bonds is 2. The van der Waals surface area contributed by atoms with Gasteiger partial charge in [0.1, 0.15) is 5.52 Å². The molecular formula is C28H27N7. The number of fused-ring (bicyclic) bond motifs is 3. The van der Waals surface area contributed by atoms with E-state index in [1.54, 1.807) is 0 Å². The first-order valence-corrected chi connectivity index (χ1v) is 12.3. The Morgan fingerprint density at radius 2 is 1.89 bits per heavy atom. The quantitative estimate of drug-likeness (QED) is 0.417. The fourth-order valence-corrected chi connectivity index (χ4v) is 6.17. The molecule has 2 N–H and O–H groups in total. The van der Waals surface area contributed by atoms with E-state index in [2.05, 4.69) is 52.1 Å². The summed E-state index contributed by atoms with van der Waals surface area (Å²) >= 11 is 0. The van der Waals surface area contributed by atoms with Crippen LogP contribution in [0.3, 0.4) is 0 Å². The van der Waals surface area contributed by atoms with E-state index in [1.807, 2.05) is 41.4 Å². The average molecular weight is 462 g/mol. The molecule has 1 atom stereocenters. The maximum absolute atomic E-state index is 6.77. The van der Waals surface area contributed by atoms with Gasteiger partial charge in [0, 0.05) is 54.4 Å². The zero-order valence-corrected chi connectivity index (χ0v) is 19.7. The van der Waals surface area contributed by atoms with Crippen molar-refractivity contribution in [3.63, 3.8) is 0 Å². The smallest absolute Gasteiger partial charge is 0.155 e. The minimum atomic E-state index is 0.0588. The monoisotopic (exact) mass is 461 g/mol. The van der Waals surface area contributed by atoms with Crippen LogP contribution < -0.4 is 10.6 Å². The predicted octanol–water partition coefficient (Wildman–Crippen LogP) is 4.49. The van der Waals surface area contributed by atoms with Crippen LogP contribution in [-0.2, 0) is 6.42 Å². The number of nitrogens with two attached hydrogens (primary N) is 1. The Morgan fingerprint density at radius 1 is 1.00 bits per heavy atom. The second kappa shape index (κ2) is 7.58. The minimum absolute atomic E-state index is 0.0588. The van der Waals surface area contributed by atoms with Crippen LogP contribution in [0.25, 0.3) is 27.5 Å². The lowest BCUT2D eigenvalue weighted by atomic mass is 9.73. The number of piperidine rings is 1. The van der Waals surface area contributed by atoms with Crippen LogP contribution in [0.4, 0.5) is 5.82 Å². The number of pyridine rings is 2. The van der Waals surface area contributed by atoms with Crippen molar-refractivity contribution in [2.45, 2.75) is 32.2 Å². The summed E-state index contributed by atoms with van der Waals surface area (Å²) in [5.74, 6) is 1.01. The van der Waals surface area contributed by atoms with Crippen LogP contribution in [-0.4, -0.2) is 37.7 Å². The van der Waals surface area contributed by atoms with Gasteiger partial charge < -0.3 is 10.6 Å². The molecule has 4 aromatic heterocycles. The van der Waals surface area contributed by atoms with Gasteiger partial charge in [-0.05, 0) is 66.8 Å². The van der Waals surface area contributed by atoms with Crippen LogP contribution in [0, 0.1) is 12.3 Å². The van der Waals surface area contributed by atoms with Gasteiger partial charge in [0.05, 0.1) is 17.6 Å². The third-order valence-electron chi connectivity index (χ3n) is 8.11. The average Bonchev–Trinajstić information content (AvgIpc) is 3.47. The Kier molecular flexibility index (Phi) is 4.45. The number of aryl methyl sites for hydroxylation is 1. The van der Waals surface area contributed by atoms with Crippen LogP contribution in [0.1, 0.15) is 35.8 Å². The molecule has 1 aliphatic heterocycles. The lowest BCUT2D eigenvalue weighted by Crippen LogP contribution is -2.44. The van der Waals surface area contributed by atoms with Gasteiger partial charge in [-0.2, -0.15) is 5.10 Å². The molecule has 1 spiro atoms. The van der Waals surface area contributed by atoms with Gasteiger partial charge >= 0.3 is 0 Å². The normalized spacial score (nSPS) is 19.0. The van der Waals surface area contributed by atoms with Crippen molar-refractivity contribution in [2.75, 3.05) is 18.0 Å². The molecule has 0 bridgehead atoms. The molecule has 5 heterocycles. The van der Waals surface area contributed by atoms with Crippen molar-refractivity contribution in [2.24, 2.45) is 11.1 Å². The summed E-state index contributed by atoms with van der Waals surface area (Å²) in [6, 6.07) is 14.8. The zero-order valence-electron chi connectivity index (χ0n) is 19.7. The number of benzene rings is 1. The van der Waals surface area contributed by atoms with Gasteiger partial charge in [0.15, 0.2) is 5.82 Å². The van der Waals surface area contributed by atoms with E-state index in [9.17, 15) is 0 Å². The van der Waals surface area contributed by atoms with Crippen molar-refractivity contribution in [1.82, 2.24) is 24.6 Å². The zero-order chi connectivity index (χ0) is 23.6. The highest BCUT2D eigenvalue weighted by atomic mass is 15.3.